The van der Waals surface area contributed by atoms with Gasteiger partial charge >= 0.3 is 6.18 Å². The van der Waals surface area contributed by atoms with E-state index < -0.39 is 33.3 Å². The highest BCUT2D eigenvalue weighted by atomic mass is 32.2. The van der Waals surface area contributed by atoms with E-state index in [0.717, 1.165) is 35.2 Å². The largest absolute Gasteiger partial charge is 0.417 e. The van der Waals surface area contributed by atoms with E-state index in [1.807, 2.05) is 30.3 Å². The van der Waals surface area contributed by atoms with E-state index >= 15 is 0 Å². The van der Waals surface area contributed by atoms with Crippen molar-refractivity contribution in [1.29, 1.82) is 0 Å². The lowest BCUT2D eigenvalue weighted by atomic mass is 9.53. The molecule has 0 bridgehead atoms. The van der Waals surface area contributed by atoms with Crippen LogP contribution in [-0.4, -0.2) is 32.5 Å². The average Bonchev–Trinajstić information content (AvgIpc) is 2.89. The summed E-state index contributed by atoms with van der Waals surface area (Å²) in [7, 11) is -4.40. The Labute approximate surface area is 227 Å². The van der Waals surface area contributed by atoms with Crippen LogP contribution in [0.4, 0.5) is 17.6 Å². The summed E-state index contributed by atoms with van der Waals surface area (Å²) in [6.45, 7) is 3.87. The molecule has 3 nitrogen and oxygen atoms in total. The zero-order valence-corrected chi connectivity index (χ0v) is 22.9. The van der Waals surface area contributed by atoms with Crippen molar-refractivity contribution < 1.29 is 26.0 Å². The highest BCUT2D eigenvalue weighted by Crippen LogP contribution is 2.56. The second kappa shape index (κ2) is 10.7. The van der Waals surface area contributed by atoms with Crippen molar-refractivity contribution in [2.24, 2.45) is 17.8 Å². The summed E-state index contributed by atoms with van der Waals surface area (Å²) in [6.07, 6.45) is -2.75. The van der Waals surface area contributed by atoms with Crippen molar-refractivity contribution in [2.75, 3.05) is 19.8 Å². The number of sulfonamides is 1. The summed E-state index contributed by atoms with van der Waals surface area (Å²) in [5, 5.41) is 0. The molecule has 5 rings (SSSR count). The zero-order valence-electron chi connectivity index (χ0n) is 22.1. The van der Waals surface area contributed by atoms with Crippen LogP contribution in [-0.2, 0) is 16.2 Å². The predicted octanol–water partition coefficient (Wildman–Crippen LogP) is 7.78. The molecule has 1 saturated heterocycles. The van der Waals surface area contributed by atoms with Crippen molar-refractivity contribution >= 4 is 10.0 Å². The van der Waals surface area contributed by atoms with E-state index in [0.29, 0.717) is 12.8 Å². The third-order valence-electron chi connectivity index (χ3n) is 8.83. The van der Waals surface area contributed by atoms with Gasteiger partial charge in [-0.3, -0.25) is 4.39 Å². The van der Waals surface area contributed by atoms with Crippen LogP contribution >= 0.6 is 0 Å². The summed E-state index contributed by atoms with van der Waals surface area (Å²) in [6, 6.07) is 18.5. The number of halogens is 4. The van der Waals surface area contributed by atoms with Crippen LogP contribution in [0, 0.1) is 31.6 Å². The Balaban J connectivity index is 1.46. The zero-order chi connectivity index (χ0) is 27.9. The topological polar surface area (TPSA) is 37.4 Å². The second-order valence-corrected chi connectivity index (χ2v) is 12.8. The minimum Gasteiger partial charge on any atom is -0.251 e. The maximum Gasteiger partial charge on any atom is 0.417 e. The summed E-state index contributed by atoms with van der Waals surface area (Å²) in [4.78, 5) is -0.717. The molecule has 1 aliphatic heterocycles. The lowest BCUT2D eigenvalue weighted by molar-refractivity contribution is -0.139. The van der Waals surface area contributed by atoms with E-state index in [2.05, 4.69) is 26.0 Å². The predicted molar refractivity (Wildman–Crippen MR) is 145 cm³/mol. The maximum absolute atomic E-state index is 14.3. The number of benzene rings is 3. The molecule has 0 amide bonds. The molecule has 0 radical (unpaired) electrons. The van der Waals surface area contributed by atoms with E-state index in [1.165, 1.54) is 27.6 Å². The smallest absolute Gasteiger partial charge is 0.251 e. The van der Waals surface area contributed by atoms with E-state index in [-0.39, 0.29) is 36.8 Å². The fourth-order valence-corrected chi connectivity index (χ4v) is 8.36. The van der Waals surface area contributed by atoms with E-state index in [1.54, 1.807) is 0 Å². The van der Waals surface area contributed by atoms with Crippen LogP contribution in [0.1, 0.15) is 47.4 Å². The lowest BCUT2D eigenvalue weighted by Crippen LogP contribution is -2.53. The van der Waals surface area contributed by atoms with Crippen molar-refractivity contribution in [3.05, 3.63) is 89.0 Å². The van der Waals surface area contributed by atoms with Gasteiger partial charge in [-0.2, -0.15) is 17.5 Å². The molecule has 0 spiro atoms. The average molecular weight is 560 g/mol. The van der Waals surface area contributed by atoms with Crippen LogP contribution in [0.3, 0.4) is 0 Å². The Kier molecular flexibility index (Phi) is 7.63. The van der Waals surface area contributed by atoms with Crippen LogP contribution < -0.4 is 0 Å². The number of rotatable bonds is 5. The molecule has 2 aliphatic rings. The molecular weight excluding hydrogens is 526 g/mol. The van der Waals surface area contributed by atoms with Gasteiger partial charge in [0, 0.05) is 13.1 Å². The molecule has 3 aromatic rings. The Morgan fingerprint density at radius 2 is 1.62 bits per heavy atom. The van der Waals surface area contributed by atoms with Crippen LogP contribution in [0.5, 0.6) is 0 Å². The Morgan fingerprint density at radius 3 is 2.31 bits per heavy atom. The first-order valence-electron chi connectivity index (χ1n) is 13.4. The van der Waals surface area contributed by atoms with Crippen molar-refractivity contribution in [3.8, 4) is 11.1 Å². The van der Waals surface area contributed by atoms with Gasteiger partial charge < -0.3 is 0 Å². The standard InChI is InChI=1S/C31H33F4NO2S/c1-20-8-7-10-24(21(20)2)22-13-15-23(16-14-22)30-26(18-32)25-9-5-6-17-36(19-27(25)30)39(37,38)29-12-4-3-11-28(29)31(33,34)35/h3-4,7-8,10-16,25-27,30H,5-6,9,17-19H2,1-2H3/t25?,26-,27?,30+/m0/s1. The first-order chi connectivity index (χ1) is 18.5. The van der Waals surface area contributed by atoms with Gasteiger partial charge in [0.2, 0.25) is 10.0 Å². The van der Waals surface area contributed by atoms with Crippen LogP contribution in [0.2, 0.25) is 0 Å². The SMILES string of the molecule is Cc1cccc(-c2ccc([C@H]3C4CN(S(=O)(=O)c5ccccc5C(F)(F)F)CCCCC4[C@@H]3CF)cc2)c1C. The molecule has 0 aromatic heterocycles. The van der Waals surface area contributed by atoms with Gasteiger partial charge in [0.1, 0.15) is 0 Å². The minimum absolute atomic E-state index is 0.00504. The fraction of sp³-hybridized carbons (Fsp3) is 0.419. The molecule has 8 heteroatoms. The number of fused-ring (bicyclic) bond motifs is 1. The number of hydrogen-bond acceptors (Lipinski definition) is 2. The van der Waals surface area contributed by atoms with Gasteiger partial charge in [-0.05, 0) is 90.3 Å². The molecule has 1 heterocycles. The third kappa shape index (κ3) is 5.13. The normalized spacial score (nSPS) is 24.4. The molecule has 39 heavy (non-hydrogen) atoms. The minimum atomic E-state index is -4.79. The van der Waals surface area contributed by atoms with Gasteiger partial charge in [0.25, 0.3) is 0 Å². The van der Waals surface area contributed by atoms with Crippen molar-refractivity contribution in [2.45, 2.75) is 50.1 Å². The number of nitrogens with zero attached hydrogens (tertiary/aromatic N) is 1. The number of alkyl halides is 4. The molecular formula is C31H33F4NO2S. The summed E-state index contributed by atoms with van der Waals surface area (Å²) in [5.74, 6) is -0.590. The van der Waals surface area contributed by atoms with Gasteiger partial charge in [0.05, 0.1) is 17.1 Å². The van der Waals surface area contributed by atoms with Crippen molar-refractivity contribution in [3.63, 3.8) is 0 Å². The molecule has 1 aliphatic carbocycles. The quantitative estimate of drug-likeness (QED) is 0.300. The Morgan fingerprint density at radius 1 is 0.897 bits per heavy atom. The number of aryl methyl sites for hydroxylation is 1. The van der Waals surface area contributed by atoms with Gasteiger partial charge in [-0.1, -0.05) is 61.0 Å². The summed E-state index contributed by atoms with van der Waals surface area (Å²) >= 11 is 0. The first kappa shape index (κ1) is 27.8. The highest BCUT2D eigenvalue weighted by molar-refractivity contribution is 7.89. The van der Waals surface area contributed by atoms with Gasteiger partial charge in [0.15, 0.2) is 0 Å². The summed E-state index contributed by atoms with van der Waals surface area (Å²) in [5.41, 5.74) is 4.35. The summed E-state index contributed by atoms with van der Waals surface area (Å²) < 4.78 is 83.9. The Bertz CT molecular complexity index is 1440. The molecule has 2 fully saturated rings. The van der Waals surface area contributed by atoms with Crippen LogP contribution in [0.25, 0.3) is 11.1 Å². The molecule has 1 saturated carbocycles. The molecule has 208 valence electrons. The molecule has 4 atom stereocenters. The fourth-order valence-electron chi connectivity index (χ4n) is 6.63. The van der Waals surface area contributed by atoms with E-state index in [9.17, 15) is 26.0 Å². The third-order valence-corrected chi connectivity index (χ3v) is 10.8. The maximum atomic E-state index is 14.3. The monoisotopic (exact) mass is 559 g/mol. The van der Waals surface area contributed by atoms with E-state index in [4.69, 9.17) is 0 Å². The molecule has 2 unspecified atom stereocenters. The van der Waals surface area contributed by atoms with Gasteiger partial charge in [-0.25, -0.2) is 8.42 Å². The number of hydrogen-bond donors (Lipinski definition) is 0. The second-order valence-electron chi connectivity index (χ2n) is 10.9. The Hall–Kier alpha value is -2.71. The molecule has 3 aromatic carbocycles. The highest BCUT2D eigenvalue weighted by Gasteiger charge is 2.52. The van der Waals surface area contributed by atoms with Crippen LogP contribution in [0.15, 0.2) is 71.6 Å². The first-order valence-corrected chi connectivity index (χ1v) is 14.9. The van der Waals surface area contributed by atoms with Gasteiger partial charge in [-0.15, -0.1) is 0 Å². The van der Waals surface area contributed by atoms with Crippen molar-refractivity contribution in [1.82, 2.24) is 4.31 Å². The molecule has 0 N–H and O–H groups in total. The lowest BCUT2D eigenvalue weighted by Gasteiger charge is -2.54.